The average Bonchev–Trinajstić information content (AvgIpc) is 2.47. The molecule has 3 heterocycles. The van der Waals surface area contributed by atoms with E-state index in [1.54, 1.807) is 24.5 Å². The highest BCUT2D eigenvalue weighted by Crippen LogP contribution is 2.38. The lowest BCUT2D eigenvalue weighted by Crippen LogP contribution is -2.28. The van der Waals surface area contributed by atoms with Crippen LogP contribution in [0.1, 0.15) is 17.0 Å². The highest BCUT2D eigenvalue weighted by atomic mass is 16.5. The number of aromatic nitrogens is 3. The molecule has 3 N–H and O–H groups in total. The van der Waals surface area contributed by atoms with Gasteiger partial charge >= 0.3 is 0 Å². The van der Waals surface area contributed by atoms with Crippen LogP contribution in [0.3, 0.4) is 0 Å². The Labute approximate surface area is 113 Å². The van der Waals surface area contributed by atoms with Crippen LogP contribution >= 0.6 is 0 Å². The number of hydrogen-bond acceptors (Lipinski definition) is 6. The van der Waals surface area contributed by atoms with Gasteiger partial charge in [-0.2, -0.15) is 5.26 Å². The number of hydrogen-bond donors (Lipinski definition) is 2. The van der Waals surface area contributed by atoms with Crippen LogP contribution < -0.4 is 16.0 Å². The number of aromatic amines is 1. The number of nitriles is 1. The van der Waals surface area contributed by atoms with Crippen molar-refractivity contribution in [1.82, 2.24) is 15.0 Å². The van der Waals surface area contributed by atoms with Crippen LogP contribution in [0, 0.1) is 11.3 Å². The molecule has 1 atom stereocenters. The van der Waals surface area contributed by atoms with E-state index in [0.29, 0.717) is 5.56 Å². The second kappa shape index (κ2) is 4.51. The van der Waals surface area contributed by atoms with Crippen LogP contribution in [-0.4, -0.2) is 15.0 Å². The second-order valence-electron chi connectivity index (χ2n) is 4.16. The van der Waals surface area contributed by atoms with E-state index in [1.807, 2.05) is 6.07 Å². The zero-order valence-electron chi connectivity index (χ0n) is 10.2. The molecule has 7 nitrogen and oxygen atoms in total. The Hall–Kier alpha value is -3.14. The molecule has 7 heteroatoms. The molecule has 1 aliphatic rings. The summed E-state index contributed by atoms with van der Waals surface area (Å²) in [4.78, 5) is 22.5. The lowest BCUT2D eigenvalue weighted by molar-refractivity contribution is 0.375. The van der Waals surface area contributed by atoms with E-state index in [9.17, 15) is 10.1 Å². The van der Waals surface area contributed by atoms with Gasteiger partial charge in [0, 0.05) is 12.4 Å². The molecule has 0 aromatic carbocycles. The number of nitrogens with one attached hydrogen (secondary N) is 1. The summed E-state index contributed by atoms with van der Waals surface area (Å²) in [5.74, 6) is -0.569. The maximum atomic E-state index is 12.0. The van der Waals surface area contributed by atoms with E-state index < -0.39 is 5.92 Å². The molecule has 98 valence electrons. The fraction of sp³-hybridized carbons (Fsp3) is 0.0769. The predicted molar refractivity (Wildman–Crippen MR) is 68.4 cm³/mol. The first-order valence-corrected chi connectivity index (χ1v) is 5.77. The van der Waals surface area contributed by atoms with Crippen molar-refractivity contribution in [1.29, 1.82) is 5.26 Å². The van der Waals surface area contributed by atoms with E-state index in [-0.39, 0.29) is 28.5 Å². The van der Waals surface area contributed by atoms with Gasteiger partial charge in [-0.3, -0.25) is 9.78 Å². The van der Waals surface area contributed by atoms with Crippen molar-refractivity contribution in [3.63, 3.8) is 0 Å². The largest absolute Gasteiger partial charge is 0.422 e. The van der Waals surface area contributed by atoms with Gasteiger partial charge in [-0.15, -0.1) is 0 Å². The number of H-pyrrole nitrogens is 1. The summed E-state index contributed by atoms with van der Waals surface area (Å²) in [6.45, 7) is 0. The van der Waals surface area contributed by atoms with Crippen molar-refractivity contribution in [2.24, 2.45) is 5.73 Å². The Morgan fingerprint density at radius 3 is 3.05 bits per heavy atom. The van der Waals surface area contributed by atoms with Crippen molar-refractivity contribution in [3.8, 4) is 11.9 Å². The summed E-state index contributed by atoms with van der Waals surface area (Å²) < 4.78 is 5.25. The minimum absolute atomic E-state index is 0.0491. The molecule has 0 unspecified atom stereocenters. The molecule has 0 amide bonds. The lowest BCUT2D eigenvalue weighted by Gasteiger charge is -2.23. The van der Waals surface area contributed by atoms with E-state index >= 15 is 0 Å². The minimum Gasteiger partial charge on any atom is -0.422 e. The lowest BCUT2D eigenvalue weighted by atomic mass is 9.86. The SMILES string of the molecule is N#CC1=C(N)Oc2nc[nH]c(=O)c2[C@H]1c1cccnc1. The first-order valence-electron chi connectivity index (χ1n) is 5.77. The Bertz CT molecular complexity index is 788. The molecule has 0 radical (unpaired) electrons. The summed E-state index contributed by atoms with van der Waals surface area (Å²) in [6.07, 6.45) is 4.42. The van der Waals surface area contributed by atoms with Crippen molar-refractivity contribution in [2.75, 3.05) is 0 Å². The number of allylic oxidation sites excluding steroid dienone is 1. The Balaban J connectivity index is 2.31. The van der Waals surface area contributed by atoms with E-state index in [2.05, 4.69) is 15.0 Å². The van der Waals surface area contributed by atoms with Crippen LogP contribution in [0.15, 0.2) is 47.1 Å². The topological polar surface area (TPSA) is 118 Å². The van der Waals surface area contributed by atoms with Crippen LogP contribution in [0.2, 0.25) is 0 Å². The number of ether oxygens (including phenoxy) is 1. The molecule has 0 spiro atoms. The maximum absolute atomic E-state index is 12.0. The van der Waals surface area contributed by atoms with Gasteiger partial charge in [0.25, 0.3) is 5.56 Å². The smallest absolute Gasteiger partial charge is 0.258 e. The summed E-state index contributed by atoms with van der Waals surface area (Å²) >= 11 is 0. The van der Waals surface area contributed by atoms with Gasteiger partial charge in [0.05, 0.1) is 17.8 Å². The summed E-state index contributed by atoms with van der Waals surface area (Å²) in [6, 6.07) is 5.48. The quantitative estimate of drug-likeness (QED) is 0.771. The predicted octanol–water partition coefficient (Wildman–Crippen LogP) is 0.383. The van der Waals surface area contributed by atoms with Gasteiger partial charge in [0.1, 0.15) is 11.6 Å². The highest BCUT2D eigenvalue weighted by Gasteiger charge is 2.33. The Morgan fingerprint density at radius 2 is 2.35 bits per heavy atom. The monoisotopic (exact) mass is 267 g/mol. The zero-order valence-corrected chi connectivity index (χ0v) is 10.2. The summed E-state index contributed by atoms with van der Waals surface area (Å²) in [5.41, 5.74) is 6.48. The Kier molecular flexibility index (Phi) is 2.69. The summed E-state index contributed by atoms with van der Waals surface area (Å²) in [7, 11) is 0. The van der Waals surface area contributed by atoms with Crippen molar-refractivity contribution in [3.05, 3.63) is 63.8 Å². The molecular weight excluding hydrogens is 258 g/mol. The molecule has 1 aliphatic heterocycles. The van der Waals surface area contributed by atoms with Gasteiger partial charge in [0.15, 0.2) is 0 Å². The van der Waals surface area contributed by atoms with Gasteiger partial charge in [0.2, 0.25) is 11.8 Å². The molecule has 0 fully saturated rings. The van der Waals surface area contributed by atoms with Crippen molar-refractivity contribution in [2.45, 2.75) is 5.92 Å². The fourth-order valence-corrected chi connectivity index (χ4v) is 2.18. The minimum atomic E-state index is -0.630. The molecule has 3 rings (SSSR count). The number of pyridine rings is 1. The maximum Gasteiger partial charge on any atom is 0.258 e. The Morgan fingerprint density at radius 1 is 1.50 bits per heavy atom. The molecule has 0 bridgehead atoms. The summed E-state index contributed by atoms with van der Waals surface area (Å²) in [5, 5.41) is 9.29. The number of nitrogens with two attached hydrogens (primary N) is 1. The number of rotatable bonds is 1. The van der Waals surface area contributed by atoms with Crippen LogP contribution in [0.4, 0.5) is 0 Å². The van der Waals surface area contributed by atoms with Crippen LogP contribution in [-0.2, 0) is 0 Å². The molecule has 0 aliphatic carbocycles. The van der Waals surface area contributed by atoms with Gasteiger partial charge in [-0.1, -0.05) is 6.07 Å². The molecule has 2 aromatic heterocycles. The number of fused-ring (bicyclic) bond motifs is 1. The highest BCUT2D eigenvalue weighted by molar-refractivity contribution is 5.51. The van der Waals surface area contributed by atoms with Gasteiger partial charge in [-0.05, 0) is 11.6 Å². The molecular formula is C13H9N5O2. The molecule has 0 saturated heterocycles. The van der Waals surface area contributed by atoms with Crippen LogP contribution in [0.5, 0.6) is 5.88 Å². The first-order chi connectivity index (χ1) is 9.72. The number of nitrogens with zero attached hydrogens (tertiary/aromatic N) is 3. The normalized spacial score (nSPS) is 17.1. The average molecular weight is 267 g/mol. The third kappa shape index (κ3) is 1.71. The van der Waals surface area contributed by atoms with Gasteiger partial charge in [-0.25, -0.2) is 4.98 Å². The van der Waals surface area contributed by atoms with Crippen LogP contribution in [0.25, 0.3) is 0 Å². The van der Waals surface area contributed by atoms with Crippen molar-refractivity contribution < 1.29 is 4.74 Å². The molecule has 20 heavy (non-hydrogen) atoms. The van der Waals surface area contributed by atoms with E-state index in [1.165, 1.54) is 6.33 Å². The van der Waals surface area contributed by atoms with E-state index in [4.69, 9.17) is 10.5 Å². The van der Waals surface area contributed by atoms with Gasteiger partial charge < -0.3 is 15.5 Å². The third-order valence-electron chi connectivity index (χ3n) is 3.04. The third-order valence-corrected chi connectivity index (χ3v) is 3.04. The first kappa shape index (κ1) is 11.9. The molecule has 2 aromatic rings. The zero-order chi connectivity index (χ0) is 14.1. The van der Waals surface area contributed by atoms with Crippen molar-refractivity contribution >= 4 is 0 Å². The second-order valence-corrected chi connectivity index (χ2v) is 4.16. The van der Waals surface area contributed by atoms with E-state index in [0.717, 1.165) is 0 Å². The molecule has 0 saturated carbocycles. The fourth-order valence-electron chi connectivity index (χ4n) is 2.18. The standard InChI is InChI=1S/C13H9N5O2/c14-4-8-9(7-2-1-3-16-5-7)10-12(19)17-6-18-13(10)20-11(8)15/h1-3,5-6,9H,15H2,(H,17,18,19)/t9-/m0/s1.